The highest BCUT2D eigenvalue weighted by Crippen LogP contribution is 2.65. The van der Waals surface area contributed by atoms with Crippen LogP contribution in [0.25, 0.3) is 0 Å². The van der Waals surface area contributed by atoms with Crippen molar-refractivity contribution in [1.82, 2.24) is 5.01 Å². The van der Waals surface area contributed by atoms with Gasteiger partial charge in [0.1, 0.15) is 0 Å². The molecule has 6 nitrogen and oxygen atoms in total. The van der Waals surface area contributed by atoms with Crippen LogP contribution in [0.2, 0.25) is 0 Å². The standard InChI is InChI=1S/C20H19IN2O4/c1-26-15-6-9(5-14(21)18(15)27-2)8-22-23-19(24)16-10-3-4-11(13-7-12(10)13)17(16)20(23)25/h3-6,8,10-13,16-17H,7H2,1-2H3. The first-order valence-electron chi connectivity index (χ1n) is 9.06. The van der Waals surface area contributed by atoms with E-state index in [9.17, 15) is 9.59 Å². The average Bonchev–Trinajstić information content (AvgIpc) is 3.45. The Balaban J connectivity index is 1.43. The molecule has 1 aliphatic heterocycles. The number of ether oxygens (including phenoxy) is 2. The minimum atomic E-state index is -0.223. The lowest BCUT2D eigenvalue weighted by Crippen LogP contribution is -2.40. The van der Waals surface area contributed by atoms with E-state index in [0.29, 0.717) is 23.3 Å². The smallest absolute Gasteiger partial charge is 0.254 e. The van der Waals surface area contributed by atoms with Crippen LogP contribution < -0.4 is 9.47 Å². The summed E-state index contributed by atoms with van der Waals surface area (Å²) in [5.41, 5.74) is 0.747. The van der Waals surface area contributed by atoms with E-state index in [1.807, 2.05) is 6.07 Å². The molecule has 0 aromatic heterocycles. The molecule has 2 saturated carbocycles. The van der Waals surface area contributed by atoms with Gasteiger partial charge in [-0.15, -0.1) is 0 Å². The zero-order valence-corrected chi connectivity index (χ0v) is 17.1. The minimum absolute atomic E-state index is 0.152. The van der Waals surface area contributed by atoms with Crippen LogP contribution in [0, 0.1) is 39.1 Å². The Morgan fingerprint density at radius 1 is 1.07 bits per heavy atom. The lowest BCUT2D eigenvalue weighted by atomic mass is 9.63. The van der Waals surface area contributed by atoms with Gasteiger partial charge in [-0.05, 0) is 70.4 Å². The lowest BCUT2D eigenvalue weighted by molar-refractivity contribution is -0.140. The van der Waals surface area contributed by atoms with Crippen molar-refractivity contribution in [2.75, 3.05) is 14.2 Å². The Labute approximate surface area is 170 Å². The van der Waals surface area contributed by atoms with Crippen LogP contribution in [0.3, 0.4) is 0 Å². The lowest BCUT2D eigenvalue weighted by Gasteiger charge is -2.37. The largest absolute Gasteiger partial charge is 0.493 e. The molecule has 0 radical (unpaired) electrons. The zero-order chi connectivity index (χ0) is 18.9. The number of allylic oxidation sites excluding steroid dienone is 2. The quantitative estimate of drug-likeness (QED) is 0.289. The van der Waals surface area contributed by atoms with Crippen LogP contribution in [0.1, 0.15) is 12.0 Å². The van der Waals surface area contributed by atoms with Crippen LogP contribution in [-0.2, 0) is 9.59 Å². The Hall–Kier alpha value is -1.90. The molecule has 1 saturated heterocycles. The number of benzene rings is 1. The number of hydrogen-bond donors (Lipinski definition) is 0. The normalized spacial score (nSPS) is 35.6. The summed E-state index contributed by atoms with van der Waals surface area (Å²) < 4.78 is 11.6. The van der Waals surface area contributed by atoms with Crippen molar-refractivity contribution in [3.05, 3.63) is 33.4 Å². The second kappa shape index (κ2) is 6.05. The molecule has 0 spiro atoms. The summed E-state index contributed by atoms with van der Waals surface area (Å²) >= 11 is 2.16. The van der Waals surface area contributed by atoms with Crippen molar-refractivity contribution in [2.45, 2.75) is 6.42 Å². The number of carbonyl (C=O) groups excluding carboxylic acids is 2. The number of hydrogen-bond acceptors (Lipinski definition) is 5. The molecule has 3 fully saturated rings. The van der Waals surface area contributed by atoms with E-state index < -0.39 is 0 Å². The van der Waals surface area contributed by atoms with Gasteiger partial charge in [-0.25, -0.2) is 0 Å². The fraction of sp³-hybridized carbons (Fsp3) is 0.450. The van der Waals surface area contributed by atoms with Gasteiger partial charge in [0, 0.05) is 0 Å². The minimum Gasteiger partial charge on any atom is -0.493 e. The van der Waals surface area contributed by atoms with Gasteiger partial charge in [0.25, 0.3) is 11.8 Å². The number of halogens is 1. The summed E-state index contributed by atoms with van der Waals surface area (Å²) in [6.45, 7) is 0. The number of amides is 2. The second-order valence-corrected chi connectivity index (χ2v) is 8.79. The van der Waals surface area contributed by atoms with Crippen molar-refractivity contribution in [3.8, 4) is 11.5 Å². The Morgan fingerprint density at radius 2 is 1.70 bits per heavy atom. The average molecular weight is 478 g/mol. The molecule has 4 aliphatic carbocycles. The van der Waals surface area contributed by atoms with Gasteiger partial charge < -0.3 is 9.47 Å². The van der Waals surface area contributed by atoms with Gasteiger partial charge in [0.05, 0.1) is 35.8 Å². The topological polar surface area (TPSA) is 68.2 Å². The fourth-order valence-corrected chi connectivity index (χ4v) is 6.04. The molecule has 6 unspecified atom stereocenters. The van der Waals surface area contributed by atoms with Gasteiger partial charge in [-0.2, -0.15) is 10.1 Å². The van der Waals surface area contributed by atoms with Crippen LogP contribution in [0.15, 0.2) is 29.4 Å². The predicted molar refractivity (Wildman–Crippen MR) is 106 cm³/mol. The number of rotatable bonds is 4. The third kappa shape index (κ3) is 2.40. The second-order valence-electron chi connectivity index (χ2n) is 7.63. The van der Waals surface area contributed by atoms with E-state index in [-0.39, 0.29) is 35.5 Å². The summed E-state index contributed by atoms with van der Waals surface area (Å²) in [5.74, 6) is 2.09. The van der Waals surface area contributed by atoms with Gasteiger partial charge >= 0.3 is 0 Å². The van der Waals surface area contributed by atoms with Crippen LogP contribution in [-0.4, -0.2) is 37.3 Å². The molecule has 0 N–H and O–H groups in total. The maximum Gasteiger partial charge on any atom is 0.254 e. The zero-order valence-electron chi connectivity index (χ0n) is 15.0. The molecule has 1 heterocycles. The van der Waals surface area contributed by atoms with Crippen molar-refractivity contribution in [1.29, 1.82) is 0 Å². The molecular weight excluding hydrogens is 459 g/mol. The molecule has 27 heavy (non-hydrogen) atoms. The van der Waals surface area contributed by atoms with E-state index in [1.54, 1.807) is 26.5 Å². The first-order chi connectivity index (χ1) is 13.0. The monoisotopic (exact) mass is 478 g/mol. The summed E-state index contributed by atoms with van der Waals surface area (Å²) in [4.78, 5) is 25.9. The number of methoxy groups -OCH3 is 2. The van der Waals surface area contributed by atoms with Crippen molar-refractivity contribution >= 4 is 40.6 Å². The third-order valence-electron chi connectivity index (χ3n) is 6.42. The highest BCUT2D eigenvalue weighted by atomic mass is 127. The summed E-state index contributed by atoms with van der Waals surface area (Å²) in [6.07, 6.45) is 7.03. The van der Waals surface area contributed by atoms with E-state index in [1.165, 1.54) is 0 Å². The SMILES string of the molecule is COc1cc(C=NN2C(=O)C3C4C=CC(C5CC45)C3C2=O)cc(I)c1OC. The predicted octanol–water partition coefficient (Wildman–Crippen LogP) is 2.70. The number of carbonyl (C=O) groups is 2. The Kier molecular flexibility index (Phi) is 3.86. The van der Waals surface area contributed by atoms with Crippen molar-refractivity contribution < 1.29 is 19.1 Å². The van der Waals surface area contributed by atoms with E-state index >= 15 is 0 Å². The van der Waals surface area contributed by atoms with Gasteiger partial charge in [0.2, 0.25) is 0 Å². The number of nitrogens with zero attached hydrogens (tertiary/aromatic N) is 2. The van der Waals surface area contributed by atoms with Gasteiger partial charge in [0.15, 0.2) is 11.5 Å². The van der Waals surface area contributed by atoms with Crippen molar-refractivity contribution in [3.63, 3.8) is 0 Å². The summed E-state index contributed by atoms with van der Waals surface area (Å²) in [6, 6.07) is 3.66. The van der Waals surface area contributed by atoms with E-state index in [0.717, 1.165) is 20.6 Å². The molecule has 7 heteroatoms. The molecule has 1 aromatic rings. The molecule has 2 amide bonds. The van der Waals surface area contributed by atoms with Crippen LogP contribution in [0.4, 0.5) is 0 Å². The Bertz CT molecular complexity index is 875. The summed E-state index contributed by atoms with van der Waals surface area (Å²) in [7, 11) is 3.16. The van der Waals surface area contributed by atoms with E-state index in [4.69, 9.17) is 9.47 Å². The number of hydrazone groups is 1. The van der Waals surface area contributed by atoms with Gasteiger partial charge in [-0.3, -0.25) is 9.59 Å². The molecule has 6 rings (SSSR count). The maximum atomic E-state index is 12.9. The Morgan fingerprint density at radius 3 is 2.26 bits per heavy atom. The summed E-state index contributed by atoms with van der Waals surface area (Å²) in [5, 5.41) is 5.36. The van der Waals surface area contributed by atoms with Crippen molar-refractivity contribution in [2.24, 2.45) is 40.6 Å². The molecular formula is C20H19IN2O4. The first-order valence-corrected chi connectivity index (χ1v) is 10.1. The van der Waals surface area contributed by atoms with E-state index in [2.05, 4.69) is 39.8 Å². The molecule has 5 aliphatic rings. The molecule has 1 aromatic carbocycles. The molecule has 6 atom stereocenters. The highest BCUT2D eigenvalue weighted by molar-refractivity contribution is 14.1. The number of imide groups is 1. The fourth-order valence-electron chi connectivity index (χ4n) is 5.19. The first kappa shape index (κ1) is 17.2. The van der Waals surface area contributed by atoms with Crippen LogP contribution >= 0.6 is 22.6 Å². The van der Waals surface area contributed by atoms with Crippen LogP contribution in [0.5, 0.6) is 11.5 Å². The maximum absolute atomic E-state index is 12.9. The third-order valence-corrected chi connectivity index (χ3v) is 7.22. The molecule has 140 valence electrons. The highest BCUT2D eigenvalue weighted by Gasteiger charge is 2.67. The van der Waals surface area contributed by atoms with Gasteiger partial charge in [-0.1, -0.05) is 12.2 Å². The molecule has 2 bridgehead atoms.